The van der Waals surface area contributed by atoms with Crippen LogP contribution in [0.5, 0.6) is 0 Å². The van der Waals surface area contributed by atoms with E-state index in [-0.39, 0.29) is 23.9 Å². The molecular formula is C44H38N2P2. The van der Waals surface area contributed by atoms with Crippen molar-refractivity contribution in [1.29, 1.82) is 0 Å². The van der Waals surface area contributed by atoms with E-state index >= 15 is 0 Å². The van der Waals surface area contributed by atoms with Gasteiger partial charge in [-0.2, -0.15) is 0 Å². The summed E-state index contributed by atoms with van der Waals surface area (Å²) in [5, 5.41) is 5.54. The predicted octanol–water partition coefficient (Wildman–Crippen LogP) is 8.42. The maximum atomic E-state index is 5.53. The summed E-state index contributed by atoms with van der Waals surface area (Å²) >= 11 is 0. The molecule has 2 nitrogen and oxygen atoms in total. The molecule has 6 aromatic carbocycles. The zero-order chi connectivity index (χ0) is 32.1. The average molecular weight is 657 g/mol. The van der Waals surface area contributed by atoms with Crippen molar-refractivity contribution in [3.63, 3.8) is 0 Å². The van der Waals surface area contributed by atoms with Crippen molar-refractivity contribution in [2.24, 2.45) is 9.98 Å². The minimum Gasteiger partial charge on any atom is -0.291 e. The molecule has 4 heteroatoms. The summed E-state index contributed by atoms with van der Waals surface area (Å²) in [6.07, 6.45) is 6.30. The Kier molecular flexibility index (Phi) is 9.20. The van der Waals surface area contributed by atoms with Gasteiger partial charge in [0.2, 0.25) is 0 Å². The Bertz CT molecular complexity index is 1740. The zero-order valence-corrected chi connectivity index (χ0v) is 28.6. The van der Waals surface area contributed by atoms with E-state index in [2.05, 4.69) is 182 Å². The average Bonchev–Trinajstić information content (AvgIpc) is 3.17. The number of hydrogen-bond acceptors (Lipinski definition) is 2. The van der Waals surface area contributed by atoms with E-state index in [1.165, 1.54) is 43.5 Å². The quantitative estimate of drug-likeness (QED) is 0.105. The number of rotatable bonds is 10. The molecule has 3 aliphatic rings. The Labute approximate surface area is 286 Å². The van der Waals surface area contributed by atoms with Crippen molar-refractivity contribution in [3.05, 3.63) is 192 Å². The first kappa shape index (κ1) is 30.8. The minimum atomic E-state index is -0.561. The lowest BCUT2D eigenvalue weighted by molar-refractivity contribution is 0.390. The van der Waals surface area contributed by atoms with Crippen LogP contribution < -0.4 is 21.2 Å². The molecule has 3 aliphatic carbocycles. The fourth-order valence-corrected chi connectivity index (χ4v) is 11.7. The fraction of sp³-hybridized carbons (Fsp3) is 0.136. The summed E-state index contributed by atoms with van der Waals surface area (Å²) in [5.74, 6) is 0.371. The standard InChI is InChI=1S/C44H38N2P2/c1-5-17-33(18-6-1)47(34-19-7-2-8-20-34)31-29-45-43-41-37-25-13-15-27-39(37)42(40-28-16-14-26-38(40)41)44(43)46-30-32-48(35-21-9-3-10-22-35)36-23-11-4-12-24-36/h1-30,41-44H,31-32H2/t41?,42?,43-,44-/m1/s1. The van der Waals surface area contributed by atoms with Gasteiger partial charge in [0.1, 0.15) is 0 Å². The van der Waals surface area contributed by atoms with Crippen molar-refractivity contribution in [1.82, 2.24) is 0 Å². The van der Waals surface area contributed by atoms with Crippen LogP contribution in [0.2, 0.25) is 0 Å². The highest BCUT2D eigenvalue weighted by molar-refractivity contribution is 7.74. The highest BCUT2D eigenvalue weighted by atomic mass is 31.1. The largest absolute Gasteiger partial charge is 0.291 e. The summed E-state index contributed by atoms with van der Waals surface area (Å²) < 4.78 is 0. The molecule has 0 aromatic heterocycles. The molecule has 2 bridgehead atoms. The van der Waals surface area contributed by atoms with Gasteiger partial charge in [-0.3, -0.25) is 9.98 Å². The summed E-state index contributed by atoms with van der Waals surface area (Å²) in [6.45, 7) is 0. The predicted molar refractivity (Wildman–Crippen MR) is 209 cm³/mol. The van der Waals surface area contributed by atoms with Crippen LogP contribution in [0.15, 0.2) is 180 Å². The van der Waals surface area contributed by atoms with Gasteiger partial charge in [-0.1, -0.05) is 170 Å². The van der Waals surface area contributed by atoms with Crippen LogP contribution in [0, 0.1) is 0 Å². The molecule has 0 amide bonds. The molecule has 6 aromatic rings. The van der Waals surface area contributed by atoms with E-state index < -0.39 is 15.8 Å². The molecule has 0 unspecified atom stereocenters. The smallest absolute Gasteiger partial charge is 0.0837 e. The molecule has 0 saturated heterocycles. The number of aliphatic imine (C=N–C) groups is 2. The lowest BCUT2D eigenvalue weighted by atomic mass is 9.59. The van der Waals surface area contributed by atoms with E-state index in [0.717, 1.165) is 12.3 Å². The van der Waals surface area contributed by atoms with Crippen molar-refractivity contribution in [2.45, 2.75) is 23.9 Å². The third-order valence-electron chi connectivity index (χ3n) is 9.72. The molecule has 0 N–H and O–H groups in total. The summed E-state index contributed by atoms with van der Waals surface area (Å²) in [6, 6.07) is 62.0. The second-order valence-corrected chi connectivity index (χ2v) is 16.9. The van der Waals surface area contributed by atoms with Gasteiger partial charge in [0.15, 0.2) is 0 Å². The van der Waals surface area contributed by atoms with E-state index in [1.807, 2.05) is 0 Å². The highest BCUT2D eigenvalue weighted by Crippen LogP contribution is 2.54. The lowest BCUT2D eigenvalue weighted by Crippen LogP contribution is -2.45. The van der Waals surface area contributed by atoms with E-state index in [0.29, 0.717) is 0 Å². The summed E-state index contributed by atoms with van der Waals surface area (Å²) in [5.41, 5.74) is 5.66. The minimum absolute atomic E-state index is 0.0409. The van der Waals surface area contributed by atoms with E-state index in [9.17, 15) is 0 Å². The van der Waals surface area contributed by atoms with Crippen LogP contribution in [0.3, 0.4) is 0 Å². The summed E-state index contributed by atoms with van der Waals surface area (Å²) in [7, 11) is -1.12. The summed E-state index contributed by atoms with van der Waals surface area (Å²) in [4.78, 5) is 11.1. The first-order valence-electron chi connectivity index (χ1n) is 16.8. The highest BCUT2D eigenvalue weighted by Gasteiger charge is 2.49. The normalized spacial score (nSPS) is 19.6. The fourth-order valence-electron chi connectivity index (χ4n) is 7.62. The van der Waals surface area contributed by atoms with Crippen molar-refractivity contribution in [2.75, 3.05) is 12.3 Å². The van der Waals surface area contributed by atoms with Crippen molar-refractivity contribution >= 4 is 49.5 Å². The molecule has 0 spiro atoms. The Morgan fingerprint density at radius 1 is 0.354 bits per heavy atom. The Hall–Kier alpha value is -4.48. The van der Waals surface area contributed by atoms with Crippen molar-refractivity contribution in [3.8, 4) is 0 Å². The molecule has 0 saturated carbocycles. The maximum Gasteiger partial charge on any atom is 0.0837 e. The maximum absolute atomic E-state index is 5.53. The van der Waals surface area contributed by atoms with Crippen LogP contribution in [-0.2, 0) is 0 Å². The first-order valence-corrected chi connectivity index (χ1v) is 19.9. The Balaban J connectivity index is 1.16. The molecule has 0 fully saturated rings. The van der Waals surface area contributed by atoms with Gasteiger partial charge in [-0.05, 0) is 59.3 Å². The van der Waals surface area contributed by atoms with Gasteiger partial charge in [-0.25, -0.2) is 0 Å². The third kappa shape index (κ3) is 6.12. The number of hydrogen-bond donors (Lipinski definition) is 0. The monoisotopic (exact) mass is 656 g/mol. The van der Waals surface area contributed by atoms with Gasteiger partial charge in [0.25, 0.3) is 0 Å². The topological polar surface area (TPSA) is 24.7 Å². The van der Waals surface area contributed by atoms with E-state index in [1.54, 1.807) is 0 Å². The molecular weight excluding hydrogens is 618 g/mol. The van der Waals surface area contributed by atoms with Crippen LogP contribution in [0.25, 0.3) is 0 Å². The second kappa shape index (κ2) is 14.3. The van der Waals surface area contributed by atoms with Crippen molar-refractivity contribution < 1.29 is 0 Å². The SMILES string of the molecule is C(CP(c1ccccc1)c1ccccc1)=N[C@@H]1C2c3ccccc3C(c3ccccc32)[C@H]1N=CCP(c1ccccc1)c1ccccc1. The van der Waals surface area contributed by atoms with Gasteiger partial charge in [-0.15, -0.1) is 0 Å². The number of fused-ring (bicyclic) bond motifs is 1. The molecule has 0 aliphatic heterocycles. The molecule has 0 radical (unpaired) electrons. The first-order chi connectivity index (χ1) is 23.9. The van der Waals surface area contributed by atoms with Crippen LogP contribution in [0.4, 0.5) is 0 Å². The van der Waals surface area contributed by atoms with Gasteiger partial charge < -0.3 is 0 Å². The number of nitrogens with zero attached hydrogens (tertiary/aromatic N) is 2. The van der Waals surface area contributed by atoms with Gasteiger partial charge in [0.05, 0.1) is 12.1 Å². The molecule has 234 valence electrons. The second-order valence-electron chi connectivity index (χ2n) is 12.4. The Morgan fingerprint density at radius 3 is 0.875 bits per heavy atom. The molecule has 9 rings (SSSR count). The van der Waals surface area contributed by atoms with Crippen LogP contribution >= 0.6 is 15.8 Å². The van der Waals surface area contributed by atoms with E-state index in [4.69, 9.17) is 9.98 Å². The molecule has 2 atom stereocenters. The van der Waals surface area contributed by atoms with Gasteiger partial charge >= 0.3 is 0 Å². The van der Waals surface area contributed by atoms with Crippen LogP contribution in [-0.4, -0.2) is 36.8 Å². The number of benzene rings is 6. The zero-order valence-electron chi connectivity index (χ0n) is 26.8. The molecule has 48 heavy (non-hydrogen) atoms. The third-order valence-corrected chi connectivity index (χ3v) is 14.5. The Morgan fingerprint density at radius 2 is 0.604 bits per heavy atom. The molecule has 0 heterocycles. The lowest BCUT2D eigenvalue weighted by Gasteiger charge is -2.47. The van der Waals surface area contributed by atoms with Crippen LogP contribution in [0.1, 0.15) is 34.1 Å². The van der Waals surface area contributed by atoms with Gasteiger partial charge in [0, 0.05) is 36.6 Å².